The lowest BCUT2D eigenvalue weighted by atomic mass is 9.79. The van der Waals surface area contributed by atoms with E-state index in [1.807, 2.05) is 0 Å². The van der Waals surface area contributed by atoms with Crippen molar-refractivity contribution in [1.29, 1.82) is 0 Å². The molecule has 0 amide bonds. The second-order valence-corrected chi connectivity index (χ2v) is 4.63. The zero-order valence-corrected chi connectivity index (χ0v) is 10.1. The van der Waals surface area contributed by atoms with Crippen LogP contribution in [-0.4, -0.2) is 23.7 Å². The highest BCUT2D eigenvalue weighted by molar-refractivity contribution is 6.00. The number of halogens is 3. The van der Waals surface area contributed by atoms with E-state index in [1.165, 1.54) is 18.2 Å². The van der Waals surface area contributed by atoms with E-state index in [1.54, 1.807) is 0 Å². The number of alkyl halides is 3. The van der Waals surface area contributed by atoms with Crippen molar-refractivity contribution >= 4 is 5.78 Å². The molecule has 1 atom stereocenters. The third-order valence-corrected chi connectivity index (χ3v) is 3.65. The average Bonchev–Trinajstić information content (AvgIpc) is 2.72. The van der Waals surface area contributed by atoms with Gasteiger partial charge in [0, 0.05) is 12.0 Å². The van der Waals surface area contributed by atoms with E-state index in [9.17, 15) is 23.1 Å². The molecular weight excluding hydrogens is 257 g/mol. The summed E-state index contributed by atoms with van der Waals surface area (Å²) in [5.41, 5.74) is -1.59. The molecule has 0 unspecified atom stereocenters. The molecule has 0 saturated carbocycles. The molecule has 0 aliphatic heterocycles. The van der Waals surface area contributed by atoms with E-state index in [0.717, 1.165) is 5.56 Å². The zero-order chi connectivity index (χ0) is 14.3. The molecule has 5 heteroatoms. The highest BCUT2D eigenvalue weighted by Gasteiger charge is 2.53. The number of hydrogen-bond acceptors (Lipinski definition) is 2. The Kier molecular flexibility index (Phi) is 3.26. The van der Waals surface area contributed by atoms with Gasteiger partial charge in [0.15, 0.2) is 5.78 Å². The molecule has 0 spiro atoms. The monoisotopic (exact) mass is 270 g/mol. The predicted molar refractivity (Wildman–Crippen MR) is 64.1 cm³/mol. The Morgan fingerprint density at radius 3 is 2.53 bits per heavy atom. The first-order valence-electron chi connectivity index (χ1n) is 5.83. The first kappa shape index (κ1) is 13.8. The van der Waals surface area contributed by atoms with Crippen molar-refractivity contribution in [3.8, 4) is 0 Å². The molecule has 1 N–H and O–H groups in total. The van der Waals surface area contributed by atoms with Crippen LogP contribution in [0.15, 0.2) is 30.9 Å². The number of fused-ring (bicyclic) bond motifs is 1. The van der Waals surface area contributed by atoms with Gasteiger partial charge in [-0.2, -0.15) is 13.2 Å². The molecular formula is C14H13F3O2. The summed E-state index contributed by atoms with van der Waals surface area (Å²) < 4.78 is 39.6. The van der Waals surface area contributed by atoms with Crippen LogP contribution in [-0.2, 0) is 11.8 Å². The maximum atomic E-state index is 13.2. The van der Waals surface area contributed by atoms with Crippen molar-refractivity contribution < 1.29 is 23.1 Å². The molecule has 1 aromatic rings. The molecule has 0 bridgehead atoms. The van der Waals surface area contributed by atoms with Crippen molar-refractivity contribution in [1.82, 2.24) is 0 Å². The molecule has 0 radical (unpaired) electrons. The van der Waals surface area contributed by atoms with Crippen LogP contribution in [0.25, 0.3) is 0 Å². The quantitative estimate of drug-likeness (QED) is 0.857. The molecule has 1 aromatic carbocycles. The largest absolute Gasteiger partial charge is 0.404 e. The molecule has 0 aromatic heterocycles. The number of ketones is 1. The molecule has 102 valence electrons. The van der Waals surface area contributed by atoms with Crippen molar-refractivity contribution in [2.24, 2.45) is 0 Å². The smallest absolute Gasteiger partial charge is 0.395 e. The Morgan fingerprint density at radius 1 is 1.32 bits per heavy atom. The topological polar surface area (TPSA) is 37.3 Å². The van der Waals surface area contributed by atoms with Gasteiger partial charge in [0.25, 0.3) is 0 Å². The summed E-state index contributed by atoms with van der Waals surface area (Å²) in [7, 11) is 0. The van der Waals surface area contributed by atoms with Crippen molar-refractivity contribution in [2.45, 2.75) is 24.4 Å². The van der Waals surface area contributed by atoms with E-state index >= 15 is 0 Å². The van der Waals surface area contributed by atoms with Crippen molar-refractivity contribution in [2.75, 3.05) is 6.61 Å². The lowest BCUT2D eigenvalue weighted by molar-refractivity contribution is -0.185. The molecule has 1 aliphatic rings. The first-order chi connectivity index (χ1) is 8.85. The average molecular weight is 270 g/mol. The Labute approximate surface area is 108 Å². The molecule has 19 heavy (non-hydrogen) atoms. The summed E-state index contributed by atoms with van der Waals surface area (Å²) in [6, 6.07) is 4.06. The summed E-state index contributed by atoms with van der Waals surface area (Å²) in [5, 5.41) is 9.20. The normalized spacial score (nSPS) is 18.0. The SMILES string of the molecule is C=C[C@@](CO)(c1ccc2c(c1)C(=O)CC2)C(F)(F)F. The van der Waals surface area contributed by atoms with Crippen LogP contribution in [0.5, 0.6) is 0 Å². The summed E-state index contributed by atoms with van der Waals surface area (Å²) >= 11 is 0. The fourth-order valence-electron chi connectivity index (χ4n) is 2.36. The van der Waals surface area contributed by atoms with Crippen molar-refractivity contribution in [3.05, 3.63) is 47.5 Å². The van der Waals surface area contributed by atoms with Crippen LogP contribution < -0.4 is 0 Å². The number of hydrogen-bond donors (Lipinski definition) is 1. The van der Waals surface area contributed by atoms with Gasteiger partial charge in [-0.3, -0.25) is 4.79 Å². The second-order valence-electron chi connectivity index (χ2n) is 4.63. The number of rotatable bonds is 3. The minimum atomic E-state index is -4.67. The van der Waals surface area contributed by atoms with Crippen LogP contribution in [0.4, 0.5) is 13.2 Å². The van der Waals surface area contributed by atoms with E-state index in [4.69, 9.17) is 0 Å². The highest BCUT2D eigenvalue weighted by Crippen LogP contribution is 2.42. The minimum absolute atomic E-state index is 0.147. The number of aliphatic hydroxyl groups excluding tert-OH is 1. The first-order valence-corrected chi connectivity index (χ1v) is 5.83. The van der Waals surface area contributed by atoms with Gasteiger partial charge in [0.2, 0.25) is 0 Å². The van der Waals surface area contributed by atoms with Gasteiger partial charge in [0.05, 0.1) is 6.61 Å². The van der Waals surface area contributed by atoms with Crippen LogP contribution in [0.1, 0.15) is 27.9 Å². The van der Waals surface area contributed by atoms with E-state index in [0.29, 0.717) is 24.5 Å². The molecule has 0 fully saturated rings. The van der Waals surface area contributed by atoms with Gasteiger partial charge in [-0.15, -0.1) is 6.58 Å². The summed E-state index contributed by atoms with van der Waals surface area (Å²) in [5.74, 6) is -0.157. The lowest BCUT2D eigenvalue weighted by Gasteiger charge is -2.31. The van der Waals surface area contributed by atoms with E-state index < -0.39 is 18.2 Å². The zero-order valence-electron chi connectivity index (χ0n) is 10.1. The summed E-state index contributed by atoms with van der Waals surface area (Å²) in [6.45, 7) is 2.06. The van der Waals surface area contributed by atoms with Gasteiger partial charge in [-0.05, 0) is 23.6 Å². The Hall–Kier alpha value is -1.62. The Morgan fingerprint density at radius 2 is 2.00 bits per heavy atom. The van der Waals surface area contributed by atoms with Gasteiger partial charge in [-0.1, -0.05) is 18.2 Å². The van der Waals surface area contributed by atoms with Crippen LogP contribution in [0.3, 0.4) is 0 Å². The van der Waals surface area contributed by atoms with Gasteiger partial charge in [-0.25, -0.2) is 0 Å². The number of aryl methyl sites for hydroxylation is 1. The molecule has 2 nitrogen and oxygen atoms in total. The number of aliphatic hydroxyl groups is 1. The highest BCUT2D eigenvalue weighted by atomic mass is 19.4. The van der Waals surface area contributed by atoms with Crippen molar-refractivity contribution in [3.63, 3.8) is 0 Å². The van der Waals surface area contributed by atoms with Crippen LogP contribution in [0, 0.1) is 0 Å². The van der Waals surface area contributed by atoms with Gasteiger partial charge in [0.1, 0.15) is 5.41 Å². The number of carbonyl (C=O) groups is 1. The van der Waals surface area contributed by atoms with Gasteiger partial charge >= 0.3 is 6.18 Å². The summed E-state index contributed by atoms with van der Waals surface area (Å²) in [4.78, 5) is 11.6. The third-order valence-electron chi connectivity index (χ3n) is 3.65. The molecule has 2 rings (SSSR count). The number of Topliss-reactive ketones (excluding diaryl/α,β-unsaturated/α-hetero) is 1. The number of benzene rings is 1. The Balaban J connectivity index is 2.59. The fourth-order valence-corrected chi connectivity index (χ4v) is 2.36. The van der Waals surface area contributed by atoms with Gasteiger partial charge < -0.3 is 5.11 Å². The second kappa shape index (κ2) is 4.49. The lowest BCUT2D eigenvalue weighted by Crippen LogP contribution is -2.43. The molecule has 1 aliphatic carbocycles. The minimum Gasteiger partial charge on any atom is -0.395 e. The molecule has 0 heterocycles. The summed E-state index contributed by atoms with van der Waals surface area (Å²) in [6.07, 6.45) is -3.10. The number of carbonyl (C=O) groups excluding carboxylic acids is 1. The van der Waals surface area contributed by atoms with Crippen LogP contribution >= 0.6 is 0 Å². The third kappa shape index (κ3) is 1.98. The molecule has 0 saturated heterocycles. The van der Waals surface area contributed by atoms with Crippen LogP contribution in [0.2, 0.25) is 0 Å². The standard InChI is InChI=1S/C14H13F3O2/c1-2-13(8-18,14(15,16)17)10-5-3-9-4-6-12(19)11(9)7-10/h2-3,5,7,18H,1,4,6,8H2/t13-/m1/s1. The predicted octanol–water partition coefficient (Wildman–Crippen LogP) is 2.79. The maximum absolute atomic E-state index is 13.2. The van der Waals surface area contributed by atoms with E-state index in [-0.39, 0.29) is 11.3 Å². The Bertz CT molecular complexity index is 534. The van der Waals surface area contributed by atoms with E-state index in [2.05, 4.69) is 6.58 Å². The maximum Gasteiger partial charge on any atom is 0.404 e. The fraction of sp³-hybridized carbons (Fsp3) is 0.357.